The Labute approximate surface area is 183 Å². The van der Waals surface area contributed by atoms with E-state index >= 15 is 0 Å². The van der Waals surface area contributed by atoms with E-state index in [2.05, 4.69) is 30.6 Å². The van der Waals surface area contributed by atoms with Gasteiger partial charge in [-0.15, -0.1) is 0 Å². The third-order valence-corrected chi connectivity index (χ3v) is 5.09. The highest BCUT2D eigenvalue weighted by Gasteiger charge is 2.21. The molecule has 0 aromatic rings. The molecule has 1 amide bonds. The fourth-order valence-electron chi connectivity index (χ4n) is 3.05. The molecule has 1 aliphatic rings. The van der Waals surface area contributed by atoms with E-state index in [-0.39, 0.29) is 18.1 Å². The second-order valence-corrected chi connectivity index (χ2v) is 8.44. The van der Waals surface area contributed by atoms with E-state index < -0.39 is 0 Å². The lowest BCUT2D eigenvalue weighted by molar-refractivity contribution is -0.123. The van der Waals surface area contributed by atoms with Crippen LogP contribution in [-0.2, 0) is 23.7 Å². The lowest BCUT2D eigenvalue weighted by Gasteiger charge is -2.33. The standard InChI is InChI=1S/C23H44N2O5/c1-19(2)21(5)18-25-9-6-22(7-10-25)24-23(26)8-11-27-12-13-28-14-15-29-16-17-30-20(3)4/h19-20,22H,5-18H2,1-4H3,(H,24,26). The van der Waals surface area contributed by atoms with Gasteiger partial charge in [0.2, 0.25) is 5.91 Å². The van der Waals surface area contributed by atoms with Gasteiger partial charge in [0.05, 0.1) is 52.4 Å². The van der Waals surface area contributed by atoms with Crippen molar-refractivity contribution in [3.05, 3.63) is 12.2 Å². The van der Waals surface area contributed by atoms with E-state index in [4.69, 9.17) is 18.9 Å². The van der Waals surface area contributed by atoms with E-state index in [0.29, 0.717) is 58.6 Å². The van der Waals surface area contributed by atoms with E-state index in [1.54, 1.807) is 0 Å². The fraction of sp³-hybridized carbons (Fsp3) is 0.870. The van der Waals surface area contributed by atoms with E-state index in [1.165, 1.54) is 5.57 Å². The van der Waals surface area contributed by atoms with Crippen LogP contribution in [0.25, 0.3) is 0 Å². The lowest BCUT2D eigenvalue weighted by Crippen LogP contribution is -2.45. The number of likely N-dealkylation sites (tertiary alicyclic amines) is 1. The molecule has 1 saturated heterocycles. The summed E-state index contributed by atoms with van der Waals surface area (Å²) >= 11 is 0. The fourth-order valence-corrected chi connectivity index (χ4v) is 3.05. The summed E-state index contributed by atoms with van der Waals surface area (Å²) in [5.74, 6) is 0.591. The highest BCUT2D eigenvalue weighted by molar-refractivity contribution is 5.76. The van der Waals surface area contributed by atoms with Crippen molar-refractivity contribution in [2.75, 3.05) is 65.9 Å². The van der Waals surface area contributed by atoms with Gasteiger partial charge in [-0.25, -0.2) is 0 Å². The topological polar surface area (TPSA) is 69.3 Å². The van der Waals surface area contributed by atoms with Crippen LogP contribution in [0.2, 0.25) is 0 Å². The average Bonchev–Trinajstić information content (AvgIpc) is 2.70. The third kappa shape index (κ3) is 14.1. The van der Waals surface area contributed by atoms with Crippen LogP contribution in [0, 0.1) is 5.92 Å². The number of rotatable bonds is 17. The molecule has 176 valence electrons. The zero-order chi connectivity index (χ0) is 22.2. The summed E-state index contributed by atoms with van der Waals surface area (Å²) in [6.45, 7) is 19.2. The minimum Gasteiger partial charge on any atom is -0.379 e. The summed E-state index contributed by atoms with van der Waals surface area (Å²) < 4.78 is 21.7. The van der Waals surface area contributed by atoms with Gasteiger partial charge < -0.3 is 24.3 Å². The molecule has 0 aromatic heterocycles. The van der Waals surface area contributed by atoms with Gasteiger partial charge in [0, 0.05) is 32.1 Å². The SMILES string of the molecule is C=C(CN1CCC(NC(=O)CCOCCOCCOCCOC(C)C)CC1)C(C)C. The van der Waals surface area contributed by atoms with Crippen molar-refractivity contribution < 1.29 is 23.7 Å². The summed E-state index contributed by atoms with van der Waals surface area (Å²) in [6, 6.07) is 0.273. The number of carbonyl (C=O) groups is 1. The van der Waals surface area contributed by atoms with Gasteiger partial charge in [-0.3, -0.25) is 9.69 Å². The van der Waals surface area contributed by atoms with Crippen molar-refractivity contribution in [3.63, 3.8) is 0 Å². The summed E-state index contributed by atoms with van der Waals surface area (Å²) in [7, 11) is 0. The summed E-state index contributed by atoms with van der Waals surface area (Å²) in [6.07, 6.45) is 2.62. The molecule has 7 heteroatoms. The minimum absolute atomic E-state index is 0.0676. The monoisotopic (exact) mass is 428 g/mol. The maximum absolute atomic E-state index is 12.1. The normalized spacial score (nSPS) is 15.8. The molecule has 1 rings (SSSR count). The van der Waals surface area contributed by atoms with Crippen LogP contribution in [-0.4, -0.2) is 88.8 Å². The largest absolute Gasteiger partial charge is 0.379 e. The minimum atomic E-state index is 0.0676. The maximum atomic E-state index is 12.1. The summed E-state index contributed by atoms with van der Waals surface area (Å²) in [5.41, 5.74) is 1.28. The van der Waals surface area contributed by atoms with Crippen LogP contribution in [0.5, 0.6) is 0 Å². The van der Waals surface area contributed by atoms with Gasteiger partial charge in [-0.1, -0.05) is 26.0 Å². The molecule has 0 unspecified atom stereocenters. The van der Waals surface area contributed by atoms with E-state index in [0.717, 1.165) is 32.5 Å². The van der Waals surface area contributed by atoms with Crippen molar-refractivity contribution in [2.45, 2.75) is 59.1 Å². The van der Waals surface area contributed by atoms with Crippen LogP contribution in [0.1, 0.15) is 47.0 Å². The molecule has 30 heavy (non-hydrogen) atoms. The molecule has 0 atom stereocenters. The van der Waals surface area contributed by atoms with Gasteiger partial charge in [0.1, 0.15) is 0 Å². The molecule has 0 aromatic carbocycles. The number of amides is 1. The molecule has 0 radical (unpaired) electrons. The van der Waals surface area contributed by atoms with E-state index in [9.17, 15) is 4.79 Å². The Kier molecular flexibility index (Phi) is 15.0. The predicted octanol–water partition coefficient (Wildman–Crippen LogP) is 2.64. The van der Waals surface area contributed by atoms with Gasteiger partial charge >= 0.3 is 0 Å². The molecule has 1 N–H and O–H groups in total. The molecule has 1 heterocycles. The third-order valence-electron chi connectivity index (χ3n) is 5.09. The molecular weight excluding hydrogens is 384 g/mol. The van der Waals surface area contributed by atoms with Crippen molar-refractivity contribution in [1.29, 1.82) is 0 Å². The smallest absolute Gasteiger partial charge is 0.222 e. The lowest BCUT2D eigenvalue weighted by atomic mass is 10.0. The van der Waals surface area contributed by atoms with Gasteiger partial charge in [0.25, 0.3) is 0 Å². The molecule has 0 bridgehead atoms. The van der Waals surface area contributed by atoms with Gasteiger partial charge in [-0.05, 0) is 32.6 Å². The quantitative estimate of drug-likeness (QED) is 0.284. The number of ether oxygens (including phenoxy) is 4. The molecule has 1 aliphatic heterocycles. The first-order valence-electron chi connectivity index (χ1n) is 11.4. The number of hydrogen-bond donors (Lipinski definition) is 1. The van der Waals surface area contributed by atoms with Crippen molar-refractivity contribution in [3.8, 4) is 0 Å². The second-order valence-electron chi connectivity index (χ2n) is 8.44. The Hall–Kier alpha value is -0.990. The number of nitrogens with zero attached hydrogens (tertiary/aromatic N) is 1. The Balaban J connectivity index is 1.91. The first-order valence-corrected chi connectivity index (χ1v) is 11.4. The Bertz CT molecular complexity index is 463. The average molecular weight is 429 g/mol. The Morgan fingerprint density at radius 3 is 2.00 bits per heavy atom. The molecule has 7 nitrogen and oxygen atoms in total. The number of hydrogen-bond acceptors (Lipinski definition) is 6. The highest BCUT2D eigenvalue weighted by Crippen LogP contribution is 2.15. The molecule has 1 fully saturated rings. The molecule has 0 aliphatic carbocycles. The van der Waals surface area contributed by atoms with Crippen LogP contribution in [0.4, 0.5) is 0 Å². The van der Waals surface area contributed by atoms with Crippen molar-refractivity contribution in [1.82, 2.24) is 10.2 Å². The molecule has 0 saturated carbocycles. The first kappa shape index (κ1) is 27.0. The van der Waals surface area contributed by atoms with Crippen molar-refractivity contribution in [2.24, 2.45) is 5.92 Å². The summed E-state index contributed by atoms with van der Waals surface area (Å²) in [5, 5.41) is 3.13. The Morgan fingerprint density at radius 1 is 0.933 bits per heavy atom. The zero-order valence-electron chi connectivity index (χ0n) is 19.6. The van der Waals surface area contributed by atoms with Crippen LogP contribution < -0.4 is 5.32 Å². The van der Waals surface area contributed by atoms with E-state index in [1.807, 2.05) is 13.8 Å². The van der Waals surface area contributed by atoms with Gasteiger partial charge in [0.15, 0.2) is 0 Å². The number of carbonyl (C=O) groups excluding carboxylic acids is 1. The number of nitrogens with one attached hydrogen (secondary N) is 1. The van der Waals surface area contributed by atoms with Crippen LogP contribution in [0.15, 0.2) is 12.2 Å². The number of piperidine rings is 1. The maximum Gasteiger partial charge on any atom is 0.222 e. The van der Waals surface area contributed by atoms with Crippen molar-refractivity contribution >= 4 is 5.91 Å². The zero-order valence-corrected chi connectivity index (χ0v) is 19.6. The van der Waals surface area contributed by atoms with Gasteiger partial charge in [-0.2, -0.15) is 0 Å². The van der Waals surface area contributed by atoms with Crippen LogP contribution >= 0.6 is 0 Å². The highest BCUT2D eigenvalue weighted by atomic mass is 16.6. The predicted molar refractivity (Wildman–Crippen MR) is 120 cm³/mol. The summed E-state index contributed by atoms with van der Waals surface area (Å²) in [4.78, 5) is 14.5. The molecular formula is C23H44N2O5. The second kappa shape index (κ2) is 16.7. The van der Waals surface area contributed by atoms with Crippen LogP contribution in [0.3, 0.4) is 0 Å². The first-order chi connectivity index (χ1) is 14.4. The Morgan fingerprint density at radius 2 is 1.47 bits per heavy atom. The molecule has 0 spiro atoms.